The van der Waals surface area contributed by atoms with Gasteiger partial charge in [-0.15, -0.1) is 0 Å². The zero-order chi connectivity index (χ0) is 21.1. The molecule has 2 aromatic carbocycles. The molecule has 3 aromatic rings. The lowest BCUT2D eigenvalue weighted by Gasteiger charge is -2.33. The first kappa shape index (κ1) is 13.8. The molecule has 0 atom stereocenters. The maximum Gasteiger partial charge on any atom is 0.212 e. The second-order valence-corrected chi connectivity index (χ2v) is 12.1. The van der Waals surface area contributed by atoms with Crippen molar-refractivity contribution in [2.75, 3.05) is 0 Å². The highest BCUT2D eigenvalue weighted by Crippen LogP contribution is 2.33. The minimum atomic E-state index is -2.13. The van der Waals surface area contributed by atoms with Crippen LogP contribution in [0.15, 0.2) is 48.7 Å². The maximum atomic E-state index is 7.90. The van der Waals surface area contributed by atoms with Crippen LogP contribution in [0.4, 0.5) is 0 Å². The molecule has 3 heteroatoms. The summed E-state index contributed by atoms with van der Waals surface area (Å²) in [5.74, 6) is 1.88. The Balaban J connectivity index is 1.94. The molecule has 2 nitrogen and oxygen atoms in total. The van der Waals surface area contributed by atoms with Gasteiger partial charge < -0.3 is 4.74 Å². The van der Waals surface area contributed by atoms with Crippen LogP contribution in [0.1, 0.15) is 20.8 Å². The highest BCUT2D eigenvalue weighted by Gasteiger charge is 2.37. The van der Waals surface area contributed by atoms with Gasteiger partial charge in [0.2, 0.25) is 5.69 Å². The van der Waals surface area contributed by atoms with Crippen molar-refractivity contribution >= 4 is 18.4 Å². The van der Waals surface area contributed by atoms with E-state index in [1.807, 2.05) is 42.9 Å². The predicted molar refractivity (Wildman–Crippen MR) is 111 cm³/mol. The highest BCUT2D eigenvalue weighted by atomic mass is 28.3. The third-order valence-electron chi connectivity index (χ3n) is 5.53. The Hall–Kier alpha value is -2.39. The highest BCUT2D eigenvalue weighted by molar-refractivity contribution is 7.01. The van der Waals surface area contributed by atoms with Gasteiger partial charge in [-0.05, 0) is 60.4 Å². The molecule has 26 heavy (non-hydrogen) atoms. The number of aromatic nitrogens is 1. The minimum Gasteiger partial charge on any atom is -0.458 e. The molecule has 0 fully saturated rings. The number of hydrogen-bond acceptors (Lipinski definition) is 1. The molecule has 4 rings (SSSR count). The van der Waals surface area contributed by atoms with Gasteiger partial charge in [0, 0.05) is 21.3 Å². The monoisotopic (exact) mass is 363 g/mol. The largest absolute Gasteiger partial charge is 0.458 e. The van der Waals surface area contributed by atoms with Crippen LogP contribution in [0.2, 0.25) is 13.1 Å². The van der Waals surface area contributed by atoms with E-state index in [0.29, 0.717) is 5.56 Å². The summed E-state index contributed by atoms with van der Waals surface area (Å²) in [7, 11) is 0.0282. The van der Waals surface area contributed by atoms with E-state index in [9.17, 15) is 0 Å². The zero-order valence-corrected chi connectivity index (χ0v) is 17.0. The van der Waals surface area contributed by atoms with E-state index in [0.717, 1.165) is 33.9 Å². The van der Waals surface area contributed by atoms with Crippen molar-refractivity contribution in [2.24, 2.45) is 7.05 Å². The number of ether oxygens (including phenoxy) is 1. The lowest BCUT2D eigenvalue weighted by atomic mass is 10.0. The third-order valence-corrected chi connectivity index (χ3v) is 9.03. The Morgan fingerprint density at radius 2 is 1.69 bits per heavy atom. The van der Waals surface area contributed by atoms with E-state index >= 15 is 0 Å². The molecule has 132 valence electrons. The summed E-state index contributed by atoms with van der Waals surface area (Å²) in [6.07, 6.45) is 1.91. The van der Waals surface area contributed by atoms with Crippen molar-refractivity contribution in [3.8, 4) is 22.8 Å². The topological polar surface area (TPSA) is 13.1 Å². The van der Waals surface area contributed by atoms with Gasteiger partial charge in [-0.3, -0.25) is 0 Å². The number of fused-ring (bicyclic) bond motifs is 2. The van der Waals surface area contributed by atoms with Crippen molar-refractivity contribution in [1.29, 1.82) is 0 Å². The quantitative estimate of drug-likeness (QED) is 0.470. The first-order chi connectivity index (χ1) is 13.5. The molecular weight excluding hydrogens is 334 g/mol. The second kappa shape index (κ2) is 5.81. The summed E-state index contributed by atoms with van der Waals surface area (Å²) in [5.41, 5.74) is 4.22. The van der Waals surface area contributed by atoms with Crippen LogP contribution in [0.25, 0.3) is 11.3 Å². The first-order valence-electron chi connectivity index (χ1n) is 10.4. The minimum absolute atomic E-state index is 0.404. The molecule has 0 bridgehead atoms. The van der Waals surface area contributed by atoms with Gasteiger partial charge in [-0.25, -0.2) is 4.57 Å². The molecular formula is C23H26NOSi+. The second-order valence-electron chi connectivity index (χ2n) is 7.75. The van der Waals surface area contributed by atoms with E-state index in [4.69, 9.17) is 8.85 Å². The summed E-state index contributed by atoms with van der Waals surface area (Å²) in [6, 6.07) is 14.4. The predicted octanol–water partition coefficient (Wildman–Crippen LogP) is 4.03. The normalized spacial score (nSPS) is 16.6. The smallest absolute Gasteiger partial charge is 0.212 e. The molecule has 1 aliphatic heterocycles. The molecule has 0 unspecified atom stereocenters. The van der Waals surface area contributed by atoms with Crippen molar-refractivity contribution in [3.63, 3.8) is 0 Å². The van der Waals surface area contributed by atoms with Crippen molar-refractivity contribution in [1.82, 2.24) is 0 Å². The van der Waals surface area contributed by atoms with Crippen LogP contribution in [0.5, 0.6) is 11.5 Å². The number of rotatable bonds is 1. The average Bonchev–Trinajstić information content (AvgIpc) is 2.61. The van der Waals surface area contributed by atoms with Crippen LogP contribution in [0.3, 0.4) is 0 Å². The zero-order valence-electron chi connectivity index (χ0n) is 19.0. The molecule has 0 amide bonds. The molecule has 0 saturated heterocycles. The number of hydrogen-bond donors (Lipinski definition) is 0. The number of benzene rings is 2. The van der Waals surface area contributed by atoms with Gasteiger partial charge in [0.1, 0.15) is 26.6 Å². The van der Waals surface area contributed by atoms with Crippen molar-refractivity contribution < 1.29 is 13.4 Å². The Bertz CT molecular complexity index is 1140. The summed E-state index contributed by atoms with van der Waals surface area (Å²) in [4.78, 5) is 0. The fourth-order valence-electron chi connectivity index (χ4n) is 3.92. The lowest BCUT2D eigenvalue weighted by Crippen LogP contribution is -2.56. The molecule has 1 aromatic heterocycles. The third kappa shape index (κ3) is 2.50. The van der Waals surface area contributed by atoms with Crippen LogP contribution >= 0.6 is 0 Å². The summed E-state index contributed by atoms with van der Waals surface area (Å²) in [5, 5.41) is 2.53. The van der Waals surface area contributed by atoms with E-state index in [-0.39, 0.29) is 0 Å². The average molecular weight is 364 g/mol. The molecule has 0 N–H and O–H groups in total. The Labute approximate surface area is 161 Å². The SMILES string of the molecule is [2H]C([2H])([2H])c1cc(-c2cc3c(cc2C)Oc2ccccc2[Si]3(C)C)[n+](C)cc1C. The fourth-order valence-corrected chi connectivity index (χ4v) is 6.71. The summed E-state index contributed by atoms with van der Waals surface area (Å²) >= 11 is 0. The maximum absolute atomic E-state index is 7.90. The Morgan fingerprint density at radius 1 is 0.923 bits per heavy atom. The Kier molecular flexibility index (Phi) is 3.08. The van der Waals surface area contributed by atoms with Gasteiger partial charge in [0.25, 0.3) is 0 Å². The number of nitrogens with zero attached hydrogens (tertiary/aromatic N) is 1. The molecule has 2 heterocycles. The molecule has 0 saturated carbocycles. The van der Waals surface area contributed by atoms with Crippen LogP contribution in [-0.2, 0) is 7.05 Å². The van der Waals surface area contributed by atoms with Gasteiger partial charge in [-0.2, -0.15) is 0 Å². The van der Waals surface area contributed by atoms with E-state index in [2.05, 4.69) is 44.3 Å². The van der Waals surface area contributed by atoms with Gasteiger partial charge in [0.15, 0.2) is 6.20 Å². The number of aryl methyl sites for hydroxylation is 4. The van der Waals surface area contributed by atoms with Gasteiger partial charge in [0.05, 0.1) is 0 Å². The van der Waals surface area contributed by atoms with Crippen LogP contribution in [0, 0.1) is 20.7 Å². The first-order valence-corrected chi connectivity index (χ1v) is 11.9. The van der Waals surface area contributed by atoms with Crippen molar-refractivity contribution in [3.05, 3.63) is 65.4 Å². The van der Waals surface area contributed by atoms with E-state index in [1.54, 1.807) is 0 Å². The van der Waals surface area contributed by atoms with E-state index < -0.39 is 14.9 Å². The van der Waals surface area contributed by atoms with Crippen LogP contribution in [-0.4, -0.2) is 8.07 Å². The van der Waals surface area contributed by atoms with Gasteiger partial charge >= 0.3 is 0 Å². The summed E-state index contributed by atoms with van der Waals surface area (Å²) in [6.45, 7) is 6.46. The number of para-hydroxylation sites is 1. The molecule has 0 radical (unpaired) electrons. The Morgan fingerprint density at radius 3 is 2.46 bits per heavy atom. The molecule has 0 aliphatic carbocycles. The summed E-state index contributed by atoms with van der Waals surface area (Å²) < 4.78 is 32.0. The lowest BCUT2D eigenvalue weighted by molar-refractivity contribution is -0.660. The standard InChI is InChI=1S/C23H26NOSi/c1-15-11-19(24(4)14-17(15)3)18-13-23-21(12-16(18)2)25-20-9-7-8-10-22(20)26(23,5)6/h7-14H,1-6H3/q+1/i1D3. The number of pyridine rings is 1. The van der Waals surface area contributed by atoms with Crippen molar-refractivity contribution in [2.45, 2.75) is 33.8 Å². The molecule has 0 spiro atoms. The van der Waals surface area contributed by atoms with Gasteiger partial charge in [-0.1, -0.05) is 31.3 Å². The fraction of sp³-hybridized carbons (Fsp3) is 0.261. The van der Waals surface area contributed by atoms with E-state index in [1.165, 1.54) is 10.4 Å². The molecule has 1 aliphatic rings. The van der Waals surface area contributed by atoms with Crippen LogP contribution < -0.4 is 19.7 Å².